The predicted octanol–water partition coefficient (Wildman–Crippen LogP) is 2.49. The summed E-state index contributed by atoms with van der Waals surface area (Å²) in [5.74, 6) is -0.716. The van der Waals surface area contributed by atoms with Gasteiger partial charge in [0.15, 0.2) is 5.13 Å². The first-order valence-electron chi connectivity index (χ1n) is 5.25. The number of nitrogens with one attached hydrogen (secondary N) is 1. The molecular formula is C11H9BrN2O4S2. The normalized spacial score (nSPS) is 11.1. The Kier molecular flexibility index (Phi) is 4.41. The van der Waals surface area contributed by atoms with Crippen LogP contribution in [0.25, 0.3) is 0 Å². The summed E-state index contributed by atoms with van der Waals surface area (Å²) in [6, 6.07) is 5.80. The number of ether oxygens (including phenoxy) is 1. The van der Waals surface area contributed by atoms with E-state index in [9.17, 15) is 13.2 Å². The van der Waals surface area contributed by atoms with Crippen molar-refractivity contribution in [3.8, 4) is 0 Å². The highest BCUT2D eigenvalue weighted by atomic mass is 79.9. The molecular weight excluding hydrogens is 368 g/mol. The van der Waals surface area contributed by atoms with Gasteiger partial charge in [-0.25, -0.2) is 18.2 Å². The number of nitrogens with zero attached hydrogens (tertiary/aromatic N) is 1. The molecule has 0 fully saturated rings. The fraction of sp³-hybridized carbons (Fsp3) is 0.0909. The van der Waals surface area contributed by atoms with Crippen molar-refractivity contribution in [1.82, 2.24) is 4.98 Å². The molecule has 0 radical (unpaired) electrons. The van der Waals surface area contributed by atoms with E-state index in [2.05, 4.69) is 30.4 Å². The largest absolute Gasteiger partial charge is 0.465 e. The van der Waals surface area contributed by atoms with Crippen LogP contribution in [0.3, 0.4) is 0 Å². The zero-order valence-electron chi connectivity index (χ0n) is 10.2. The third kappa shape index (κ3) is 3.17. The molecule has 0 amide bonds. The number of hydrogen-bond donors (Lipinski definition) is 1. The van der Waals surface area contributed by atoms with Gasteiger partial charge in [0.05, 0.1) is 22.7 Å². The van der Waals surface area contributed by atoms with Crippen LogP contribution in [-0.2, 0) is 14.8 Å². The highest BCUT2D eigenvalue weighted by Crippen LogP contribution is 2.26. The smallest absolute Gasteiger partial charge is 0.339 e. The second-order valence-corrected chi connectivity index (χ2v) is 7.62. The molecule has 0 saturated carbocycles. The van der Waals surface area contributed by atoms with Crippen LogP contribution < -0.4 is 4.72 Å². The van der Waals surface area contributed by atoms with Crippen molar-refractivity contribution in [2.45, 2.75) is 4.90 Å². The molecule has 1 heterocycles. The second kappa shape index (κ2) is 5.90. The molecule has 9 heteroatoms. The topological polar surface area (TPSA) is 85.4 Å². The lowest BCUT2D eigenvalue weighted by atomic mass is 10.2. The van der Waals surface area contributed by atoms with Gasteiger partial charge in [-0.05, 0) is 28.1 Å². The first-order chi connectivity index (χ1) is 9.44. The number of aromatic nitrogens is 1. The molecule has 1 aromatic carbocycles. The Balaban J connectivity index is 2.42. The van der Waals surface area contributed by atoms with Gasteiger partial charge in [-0.3, -0.25) is 4.72 Å². The maximum absolute atomic E-state index is 12.3. The number of hydrogen-bond acceptors (Lipinski definition) is 6. The van der Waals surface area contributed by atoms with Gasteiger partial charge in [-0.1, -0.05) is 23.5 Å². The van der Waals surface area contributed by atoms with Crippen molar-refractivity contribution < 1.29 is 17.9 Å². The quantitative estimate of drug-likeness (QED) is 0.828. The summed E-state index contributed by atoms with van der Waals surface area (Å²) in [6.45, 7) is 0. The number of benzene rings is 1. The molecule has 2 rings (SSSR count). The molecule has 0 spiro atoms. The van der Waals surface area contributed by atoms with Crippen LogP contribution in [0.15, 0.2) is 39.1 Å². The molecule has 1 aromatic heterocycles. The van der Waals surface area contributed by atoms with Crippen molar-refractivity contribution in [2.75, 3.05) is 11.8 Å². The first kappa shape index (κ1) is 14.9. The summed E-state index contributed by atoms with van der Waals surface area (Å²) < 4.78 is 32.2. The molecule has 1 N–H and O–H groups in total. The van der Waals surface area contributed by atoms with Crippen LogP contribution >= 0.6 is 27.3 Å². The van der Waals surface area contributed by atoms with E-state index in [0.717, 1.165) is 11.3 Å². The van der Waals surface area contributed by atoms with Crippen LogP contribution in [0.2, 0.25) is 0 Å². The summed E-state index contributed by atoms with van der Waals surface area (Å²) in [7, 11) is -2.72. The number of carbonyl (C=O) groups excluding carboxylic acids is 1. The minimum Gasteiger partial charge on any atom is -0.465 e. The third-order valence-corrected chi connectivity index (χ3v) is 5.20. The third-order valence-electron chi connectivity index (χ3n) is 2.28. The Hall–Kier alpha value is -1.45. The monoisotopic (exact) mass is 376 g/mol. The van der Waals surface area contributed by atoms with Gasteiger partial charge in [-0.15, -0.1) is 0 Å². The van der Waals surface area contributed by atoms with Crippen LogP contribution in [0, 0.1) is 0 Å². The number of sulfonamides is 1. The minimum absolute atomic E-state index is 0.0295. The number of rotatable bonds is 4. The van der Waals surface area contributed by atoms with Gasteiger partial charge in [0.25, 0.3) is 10.0 Å². The lowest BCUT2D eigenvalue weighted by Crippen LogP contribution is -2.17. The minimum atomic E-state index is -3.91. The van der Waals surface area contributed by atoms with E-state index in [4.69, 9.17) is 0 Å². The van der Waals surface area contributed by atoms with Crippen LogP contribution in [0.5, 0.6) is 0 Å². The maximum atomic E-state index is 12.3. The number of esters is 1. The Morgan fingerprint density at radius 2 is 2.10 bits per heavy atom. The van der Waals surface area contributed by atoms with Gasteiger partial charge >= 0.3 is 5.97 Å². The van der Waals surface area contributed by atoms with Crippen molar-refractivity contribution in [1.29, 1.82) is 0 Å². The molecule has 20 heavy (non-hydrogen) atoms. The number of methoxy groups -OCH3 is 1. The first-order valence-corrected chi connectivity index (χ1v) is 8.35. The van der Waals surface area contributed by atoms with Crippen molar-refractivity contribution in [3.05, 3.63) is 39.8 Å². The zero-order valence-corrected chi connectivity index (χ0v) is 13.4. The molecule has 2 aromatic rings. The number of carbonyl (C=O) groups is 1. The van der Waals surface area contributed by atoms with Gasteiger partial charge in [0.1, 0.15) is 4.90 Å². The van der Waals surface area contributed by atoms with Crippen molar-refractivity contribution in [2.24, 2.45) is 0 Å². The number of thiazole rings is 1. The Labute approximate surface area is 128 Å². The summed E-state index contributed by atoms with van der Waals surface area (Å²) in [6.07, 6.45) is 1.48. The number of anilines is 1. The standard InChI is InChI=1S/C11H9BrN2O4S2/c1-18-10(15)7-4-2-3-5-8(7)20(16,17)14-11-13-6-9(12)19-11/h2-6H,1H3,(H,13,14). The lowest BCUT2D eigenvalue weighted by Gasteiger charge is -2.09. The molecule has 0 bridgehead atoms. The molecule has 6 nitrogen and oxygen atoms in total. The highest BCUT2D eigenvalue weighted by Gasteiger charge is 2.23. The highest BCUT2D eigenvalue weighted by molar-refractivity contribution is 9.11. The Morgan fingerprint density at radius 3 is 2.70 bits per heavy atom. The van der Waals surface area contributed by atoms with E-state index in [0.29, 0.717) is 3.79 Å². The fourth-order valence-electron chi connectivity index (χ4n) is 1.45. The fourth-order valence-corrected chi connectivity index (χ4v) is 4.00. The summed E-state index contributed by atoms with van der Waals surface area (Å²) in [5, 5.41) is 0.205. The second-order valence-electron chi connectivity index (χ2n) is 3.56. The Bertz CT molecular complexity index is 742. The van der Waals surface area contributed by atoms with Crippen LogP contribution in [0.1, 0.15) is 10.4 Å². The van der Waals surface area contributed by atoms with Gasteiger partial charge in [0, 0.05) is 0 Å². The molecule has 0 aliphatic carbocycles. The average Bonchev–Trinajstić information content (AvgIpc) is 2.82. The van der Waals surface area contributed by atoms with E-state index >= 15 is 0 Å². The molecule has 0 aliphatic heterocycles. The molecule has 0 aliphatic rings. The molecule has 0 unspecified atom stereocenters. The molecule has 0 atom stereocenters. The predicted molar refractivity (Wildman–Crippen MR) is 78.4 cm³/mol. The van der Waals surface area contributed by atoms with E-state index < -0.39 is 16.0 Å². The van der Waals surface area contributed by atoms with E-state index in [1.165, 1.54) is 31.5 Å². The van der Waals surface area contributed by atoms with Crippen molar-refractivity contribution >= 4 is 48.4 Å². The van der Waals surface area contributed by atoms with E-state index in [1.54, 1.807) is 6.07 Å². The van der Waals surface area contributed by atoms with E-state index in [-0.39, 0.29) is 15.6 Å². The van der Waals surface area contributed by atoms with E-state index in [1.807, 2.05) is 0 Å². The van der Waals surface area contributed by atoms with Gasteiger partial charge in [0.2, 0.25) is 0 Å². The van der Waals surface area contributed by atoms with Crippen LogP contribution in [0.4, 0.5) is 5.13 Å². The number of halogens is 1. The van der Waals surface area contributed by atoms with Gasteiger partial charge in [-0.2, -0.15) is 0 Å². The van der Waals surface area contributed by atoms with Gasteiger partial charge < -0.3 is 4.74 Å². The summed E-state index contributed by atoms with van der Waals surface area (Å²) >= 11 is 4.32. The lowest BCUT2D eigenvalue weighted by molar-refractivity contribution is 0.0596. The summed E-state index contributed by atoms with van der Waals surface area (Å²) in [4.78, 5) is 15.3. The molecule has 0 saturated heterocycles. The Morgan fingerprint density at radius 1 is 1.40 bits per heavy atom. The zero-order chi connectivity index (χ0) is 14.8. The van der Waals surface area contributed by atoms with Crippen molar-refractivity contribution in [3.63, 3.8) is 0 Å². The summed E-state index contributed by atoms with van der Waals surface area (Å²) in [5.41, 5.74) is -0.0295. The maximum Gasteiger partial charge on any atom is 0.339 e. The SMILES string of the molecule is COC(=O)c1ccccc1S(=O)(=O)Nc1ncc(Br)s1. The average molecular weight is 377 g/mol. The molecule has 106 valence electrons. The van der Waals surface area contributed by atoms with Crippen LogP contribution in [-0.4, -0.2) is 26.5 Å².